The number of aromatic nitrogens is 1. The van der Waals surface area contributed by atoms with Gasteiger partial charge in [0.1, 0.15) is 5.75 Å². The van der Waals surface area contributed by atoms with Gasteiger partial charge in [0.25, 0.3) is 0 Å². The van der Waals surface area contributed by atoms with E-state index in [0.717, 1.165) is 48.0 Å². The highest BCUT2D eigenvalue weighted by Gasteiger charge is 2.22. The summed E-state index contributed by atoms with van der Waals surface area (Å²) in [5.74, 6) is 1.41. The highest BCUT2D eigenvalue weighted by Crippen LogP contribution is 2.31. The third-order valence-electron chi connectivity index (χ3n) is 4.15. The first-order valence-electron chi connectivity index (χ1n) is 7.40. The molecule has 1 saturated carbocycles. The molecule has 1 heterocycles. The number of hydrogen-bond acceptors (Lipinski definition) is 3. The molecule has 0 unspecified atom stereocenters. The van der Waals surface area contributed by atoms with Crippen LogP contribution in [0.1, 0.15) is 31.4 Å². The molecule has 1 aromatic heterocycles. The van der Waals surface area contributed by atoms with E-state index in [9.17, 15) is 5.11 Å². The monoisotopic (exact) mass is 271 g/mol. The van der Waals surface area contributed by atoms with Crippen molar-refractivity contribution in [3.63, 3.8) is 0 Å². The van der Waals surface area contributed by atoms with E-state index in [2.05, 4.69) is 11.1 Å². The Labute approximate surface area is 119 Å². The highest BCUT2D eigenvalue weighted by molar-refractivity contribution is 5.85. The van der Waals surface area contributed by atoms with Crippen LogP contribution in [0.15, 0.2) is 30.3 Å². The van der Waals surface area contributed by atoms with Gasteiger partial charge >= 0.3 is 0 Å². The molecule has 1 N–H and O–H groups in total. The van der Waals surface area contributed by atoms with Crippen molar-refractivity contribution in [3.8, 4) is 5.75 Å². The minimum Gasteiger partial charge on any atom is -0.490 e. The fourth-order valence-electron chi connectivity index (χ4n) is 2.98. The molecule has 0 radical (unpaired) electrons. The number of rotatable bonds is 3. The van der Waals surface area contributed by atoms with E-state index in [0.29, 0.717) is 12.5 Å². The lowest BCUT2D eigenvalue weighted by Crippen LogP contribution is -2.25. The Morgan fingerprint density at radius 2 is 1.95 bits per heavy atom. The van der Waals surface area contributed by atoms with Gasteiger partial charge in [0.05, 0.1) is 11.6 Å². The lowest BCUT2D eigenvalue weighted by Gasteiger charge is -2.28. The van der Waals surface area contributed by atoms with E-state index < -0.39 is 0 Å². The zero-order valence-corrected chi connectivity index (χ0v) is 11.9. The van der Waals surface area contributed by atoms with Crippen molar-refractivity contribution in [2.45, 2.75) is 38.7 Å². The predicted octanol–water partition coefficient (Wildman–Crippen LogP) is 3.47. The van der Waals surface area contributed by atoms with Crippen molar-refractivity contribution >= 4 is 10.9 Å². The van der Waals surface area contributed by atoms with Crippen LogP contribution in [0.5, 0.6) is 5.75 Å². The Morgan fingerprint density at radius 1 is 1.20 bits per heavy atom. The summed E-state index contributed by atoms with van der Waals surface area (Å²) in [6.07, 6.45) is 4.44. The van der Waals surface area contributed by atoms with Crippen molar-refractivity contribution in [2.24, 2.45) is 5.92 Å². The minimum atomic E-state index is 0.267. The first kappa shape index (κ1) is 13.4. The molecule has 1 aliphatic carbocycles. The normalized spacial score (nSPS) is 22.9. The van der Waals surface area contributed by atoms with Gasteiger partial charge < -0.3 is 9.84 Å². The number of aliphatic hydroxyl groups is 1. The quantitative estimate of drug-likeness (QED) is 0.929. The van der Waals surface area contributed by atoms with E-state index in [1.54, 1.807) is 0 Å². The van der Waals surface area contributed by atoms with Crippen LogP contribution in [-0.4, -0.2) is 22.8 Å². The molecule has 0 aliphatic heterocycles. The second kappa shape index (κ2) is 5.80. The first-order chi connectivity index (χ1) is 9.76. The summed E-state index contributed by atoms with van der Waals surface area (Å²) in [5, 5.41) is 10.3. The number of hydrogen-bond donors (Lipinski definition) is 1. The van der Waals surface area contributed by atoms with Crippen molar-refractivity contribution in [2.75, 3.05) is 6.61 Å². The summed E-state index contributed by atoms with van der Waals surface area (Å²) < 4.78 is 6.22. The Kier molecular flexibility index (Phi) is 3.88. The zero-order chi connectivity index (χ0) is 13.9. The summed E-state index contributed by atoms with van der Waals surface area (Å²) in [5.41, 5.74) is 1.98. The van der Waals surface area contributed by atoms with Gasteiger partial charge in [-0.3, -0.25) is 4.98 Å². The number of nitrogens with zero attached hydrogens (tertiary/aromatic N) is 1. The van der Waals surface area contributed by atoms with Gasteiger partial charge in [0.15, 0.2) is 0 Å². The van der Waals surface area contributed by atoms with Gasteiger partial charge in [-0.25, -0.2) is 0 Å². The van der Waals surface area contributed by atoms with Crippen LogP contribution in [0.4, 0.5) is 0 Å². The van der Waals surface area contributed by atoms with Crippen molar-refractivity contribution in [1.29, 1.82) is 0 Å². The van der Waals surface area contributed by atoms with E-state index in [4.69, 9.17) is 4.74 Å². The van der Waals surface area contributed by atoms with Gasteiger partial charge in [-0.05, 0) is 50.7 Å². The Morgan fingerprint density at radius 3 is 2.70 bits per heavy atom. The first-order valence-corrected chi connectivity index (χ1v) is 7.40. The topological polar surface area (TPSA) is 42.4 Å². The predicted molar refractivity (Wildman–Crippen MR) is 79.9 cm³/mol. The molecule has 1 fully saturated rings. The Bertz CT molecular complexity index is 589. The summed E-state index contributed by atoms with van der Waals surface area (Å²) >= 11 is 0. The van der Waals surface area contributed by atoms with Gasteiger partial charge in [-0.15, -0.1) is 0 Å². The van der Waals surface area contributed by atoms with E-state index >= 15 is 0 Å². The number of pyridine rings is 1. The molecule has 0 spiro atoms. The number of fused-ring (bicyclic) bond motifs is 1. The summed E-state index contributed by atoms with van der Waals surface area (Å²) in [7, 11) is 0. The third kappa shape index (κ3) is 2.78. The highest BCUT2D eigenvalue weighted by atomic mass is 16.5. The van der Waals surface area contributed by atoms with Crippen LogP contribution >= 0.6 is 0 Å². The lowest BCUT2D eigenvalue weighted by atomic mass is 9.88. The van der Waals surface area contributed by atoms with E-state index in [-0.39, 0.29) is 6.10 Å². The van der Waals surface area contributed by atoms with Gasteiger partial charge in [0.2, 0.25) is 0 Å². The molecule has 0 amide bonds. The molecule has 3 rings (SSSR count). The molecule has 1 aromatic carbocycles. The standard InChI is InChI=1S/C17H21NO2/c1-12-10-17(15-4-2-3-5-16(15)18-12)20-14-8-6-13(11-19)7-9-14/h2-5,10,13-14,19H,6-9,11H2,1H3. The molecule has 3 heteroatoms. The number of aliphatic hydroxyl groups excluding tert-OH is 1. The molecule has 0 bridgehead atoms. The fraction of sp³-hybridized carbons (Fsp3) is 0.471. The molecule has 106 valence electrons. The number of benzene rings is 1. The third-order valence-corrected chi connectivity index (χ3v) is 4.15. The maximum Gasteiger partial charge on any atom is 0.130 e. The number of aryl methyl sites for hydroxylation is 1. The van der Waals surface area contributed by atoms with Crippen LogP contribution in [-0.2, 0) is 0 Å². The zero-order valence-electron chi connectivity index (χ0n) is 11.9. The van der Waals surface area contributed by atoms with Crippen LogP contribution in [0.3, 0.4) is 0 Å². The van der Waals surface area contributed by atoms with Crippen LogP contribution in [0.2, 0.25) is 0 Å². The van der Waals surface area contributed by atoms with Gasteiger partial charge in [-0.1, -0.05) is 12.1 Å². The largest absolute Gasteiger partial charge is 0.490 e. The fourth-order valence-corrected chi connectivity index (χ4v) is 2.98. The van der Waals surface area contributed by atoms with Crippen LogP contribution in [0, 0.1) is 12.8 Å². The molecule has 0 saturated heterocycles. The molecule has 1 aliphatic rings. The summed E-state index contributed by atoms with van der Waals surface area (Å²) in [4.78, 5) is 4.54. The maximum absolute atomic E-state index is 9.20. The van der Waals surface area contributed by atoms with Crippen molar-refractivity contribution in [1.82, 2.24) is 4.98 Å². The van der Waals surface area contributed by atoms with Crippen molar-refractivity contribution < 1.29 is 9.84 Å². The van der Waals surface area contributed by atoms with E-state index in [1.807, 2.05) is 31.2 Å². The van der Waals surface area contributed by atoms with Crippen LogP contribution < -0.4 is 4.74 Å². The Hall–Kier alpha value is -1.61. The second-order valence-corrected chi connectivity index (χ2v) is 5.72. The second-order valence-electron chi connectivity index (χ2n) is 5.72. The Balaban J connectivity index is 1.81. The molecule has 0 atom stereocenters. The van der Waals surface area contributed by atoms with Crippen molar-refractivity contribution in [3.05, 3.63) is 36.0 Å². The average Bonchev–Trinajstić information content (AvgIpc) is 2.48. The maximum atomic E-state index is 9.20. The average molecular weight is 271 g/mol. The minimum absolute atomic E-state index is 0.267. The molecule has 20 heavy (non-hydrogen) atoms. The number of para-hydroxylation sites is 1. The number of ether oxygens (including phenoxy) is 1. The SMILES string of the molecule is Cc1cc(OC2CCC(CO)CC2)c2ccccc2n1. The smallest absolute Gasteiger partial charge is 0.130 e. The van der Waals surface area contributed by atoms with Crippen LogP contribution in [0.25, 0.3) is 10.9 Å². The summed E-state index contributed by atoms with van der Waals surface area (Å²) in [6, 6.07) is 10.1. The molecular formula is C17H21NO2. The lowest BCUT2D eigenvalue weighted by molar-refractivity contribution is 0.105. The molecule has 3 nitrogen and oxygen atoms in total. The van der Waals surface area contributed by atoms with E-state index in [1.165, 1.54) is 0 Å². The van der Waals surface area contributed by atoms with Gasteiger partial charge in [0, 0.05) is 23.8 Å². The summed E-state index contributed by atoms with van der Waals surface area (Å²) in [6.45, 7) is 2.31. The van der Waals surface area contributed by atoms with Gasteiger partial charge in [-0.2, -0.15) is 0 Å². The molecular weight excluding hydrogens is 250 g/mol. The molecule has 2 aromatic rings.